The molecule has 1 aliphatic heterocycles. The third kappa shape index (κ3) is 3.91. The van der Waals surface area contributed by atoms with Gasteiger partial charge in [0.1, 0.15) is 0 Å². The maximum atomic E-state index is 12.4. The summed E-state index contributed by atoms with van der Waals surface area (Å²) in [6, 6.07) is 4.98. The number of hydrogen-bond donors (Lipinski definition) is 1. The topological polar surface area (TPSA) is 107 Å². The van der Waals surface area contributed by atoms with Crippen LogP contribution >= 0.6 is 12.4 Å². The molecule has 7 nitrogen and oxygen atoms in total. The molecule has 1 fully saturated rings. The van der Waals surface area contributed by atoms with Crippen molar-refractivity contribution in [1.29, 1.82) is 0 Å². The minimum Gasteiger partial charge on any atom is -0.330 e. The first-order valence-electron chi connectivity index (χ1n) is 6.40. The molecule has 0 atom stereocenters. The van der Waals surface area contributed by atoms with E-state index in [2.05, 4.69) is 0 Å². The van der Waals surface area contributed by atoms with E-state index in [0.29, 0.717) is 25.6 Å². The van der Waals surface area contributed by atoms with Gasteiger partial charge in [-0.25, -0.2) is 8.42 Å². The number of nitrogens with two attached hydrogens (primary N) is 1. The number of non-ortho nitro benzene ring substituents is 1. The van der Waals surface area contributed by atoms with Crippen LogP contribution in [0, 0.1) is 16.0 Å². The molecule has 0 bridgehead atoms. The molecule has 1 saturated heterocycles. The smallest absolute Gasteiger partial charge is 0.269 e. The summed E-state index contributed by atoms with van der Waals surface area (Å²) in [4.78, 5) is 10.1. The standard InChI is InChI=1S/C12H17N3O4S.ClH/c13-9-10-5-7-14(8-6-10)20(18,19)12-3-1-11(2-4-12)15(16)17;/h1-4,10H,5-9,13H2;1H. The number of halogens is 1. The van der Waals surface area contributed by atoms with Crippen molar-refractivity contribution in [3.05, 3.63) is 34.4 Å². The van der Waals surface area contributed by atoms with E-state index in [9.17, 15) is 18.5 Å². The Labute approximate surface area is 129 Å². The van der Waals surface area contributed by atoms with Gasteiger partial charge in [0, 0.05) is 25.2 Å². The Bertz CT molecular complexity index is 583. The molecule has 0 amide bonds. The molecule has 1 aromatic rings. The lowest BCUT2D eigenvalue weighted by atomic mass is 9.99. The van der Waals surface area contributed by atoms with Crippen LogP contribution in [-0.4, -0.2) is 37.3 Å². The van der Waals surface area contributed by atoms with Gasteiger partial charge >= 0.3 is 0 Å². The third-order valence-electron chi connectivity index (χ3n) is 3.59. The Hall–Kier alpha value is -1.22. The zero-order valence-electron chi connectivity index (χ0n) is 11.3. The SMILES string of the molecule is Cl.NCC1CCN(S(=O)(=O)c2ccc([N+](=O)[O-])cc2)CC1. The molecule has 0 unspecified atom stereocenters. The Balaban J connectivity index is 0.00000220. The zero-order valence-corrected chi connectivity index (χ0v) is 13.0. The monoisotopic (exact) mass is 335 g/mol. The number of sulfonamides is 1. The first-order chi connectivity index (χ1) is 9.45. The van der Waals surface area contributed by atoms with Gasteiger partial charge in [-0.3, -0.25) is 10.1 Å². The van der Waals surface area contributed by atoms with Crippen LogP contribution in [-0.2, 0) is 10.0 Å². The molecule has 1 aromatic carbocycles. The highest BCUT2D eigenvalue weighted by Crippen LogP contribution is 2.24. The molecule has 0 aromatic heterocycles. The van der Waals surface area contributed by atoms with Crippen LogP contribution in [0.4, 0.5) is 5.69 Å². The highest BCUT2D eigenvalue weighted by Gasteiger charge is 2.29. The maximum Gasteiger partial charge on any atom is 0.269 e. The highest BCUT2D eigenvalue weighted by atomic mass is 35.5. The van der Waals surface area contributed by atoms with E-state index < -0.39 is 14.9 Å². The molecule has 2 rings (SSSR count). The second kappa shape index (κ2) is 7.17. The molecule has 1 heterocycles. The number of benzene rings is 1. The van der Waals surface area contributed by atoms with E-state index in [1.165, 1.54) is 28.6 Å². The van der Waals surface area contributed by atoms with Crippen molar-refractivity contribution in [1.82, 2.24) is 4.31 Å². The average Bonchev–Trinajstić information content (AvgIpc) is 2.47. The van der Waals surface area contributed by atoms with E-state index in [0.717, 1.165) is 12.8 Å². The summed E-state index contributed by atoms with van der Waals surface area (Å²) in [6.07, 6.45) is 1.51. The fourth-order valence-corrected chi connectivity index (χ4v) is 3.74. The van der Waals surface area contributed by atoms with Crippen LogP contribution in [0.1, 0.15) is 12.8 Å². The maximum absolute atomic E-state index is 12.4. The van der Waals surface area contributed by atoms with Gasteiger partial charge in [-0.1, -0.05) is 0 Å². The van der Waals surface area contributed by atoms with E-state index in [4.69, 9.17) is 5.73 Å². The van der Waals surface area contributed by atoms with Gasteiger partial charge in [0.2, 0.25) is 10.0 Å². The lowest BCUT2D eigenvalue weighted by Gasteiger charge is -2.30. The Morgan fingerprint density at radius 2 is 1.76 bits per heavy atom. The van der Waals surface area contributed by atoms with Crippen molar-refractivity contribution >= 4 is 28.1 Å². The summed E-state index contributed by atoms with van der Waals surface area (Å²) in [5.41, 5.74) is 5.46. The lowest BCUT2D eigenvalue weighted by molar-refractivity contribution is -0.384. The number of piperidine rings is 1. The van der Waals surface area contributed by atoms with Crippen molar-refractivity contribution in [3.8, 4) is 0 Å². The van der Waals surface area contributed by atoms with Gasteiger partial charge in [0.15, 0.2) is 0 Å². The molecule has 0 radical (unpaired) electrons. The summed E-state index contributed by atoms with van der Waals surface area (Å²) in [5, 5.41) is 10.6. The van der Waals surface area contributed by atoms with E-state index in [1.807, 2.05) is 0 Å². The number of rotatable bonds is 4. The van der Waals surface area contributed by atoms with Gasteiger partial charge in [-0.05, 0) is 37.4 Å². The first kappa shape index (κ1) is 17.8. The summed E-state index contributed by atoms with van der Waals surface area (Å²) >= 11 is 0. The first-order valence-corrected chi connectivity index (χ1v) is 7.84. The van der Waals surface area contributed by atoms with Gasteiger partial charge in [0.05, 0.1) is 9.82 Å². The molecule has 9 heteroatoms. The molecule has 118 valence electrons. The summed E-state index contributed by atoms with van der Waals surface area (Å²) in [6.45, 7) is 1.47. The molecule has 1 aliphatic rings. The molecule has 0 saturated carbocycles. The van der Waals surface area contributed by atoms with Crippen LogP contribution in [0.3, 0.4) is 0 Å². The third-order valence-corrected chi connectivity index (χ3v) is 5.51. The van der Waals surface area contributed by atoms with Crippen LogP contribution in [0.25, 0.3) is 0 Å². The quantitative estimate of drug-likeness (QED) is 0.660. The molecule has 0 spiro atoms. The molecular weight excluding hydrogens is 318 g/mol. The van der Waals surface area contributed by atoms with Crippen LogP contribution < -0.4 is 5.73 Å². The van der Waals surface area contributed by atoms with Crippen LogP contribution in [0.2, 0.25) is 0 Å². The molecular formula is C12H18ClN3O4S. The summed E-state index contributed by atoms with van der Waals surface area (Å²) in [5.74, 6) is 0.373. The minimum absolute atomic E-state index is 0. The normalized spacial score (nSPS) is 17.2. The minimum atomic E-state index is -3.57. The van der Waals surface area contributed by atoms with Crippen molar-refractivity contribution in [2.75, 3.05) is 19.6 Å². The Morgan fingerprint density at radius 1 is 1.24 bits per heavy atom. The summed E-state index contributed by atoms with van der Waals surface area (Å²) < 4.78 is 26.2. The van der Waals surface area contributed by atoms with E-state index in [1.54, 1.807) is 0 Å². The molecule has 21 heavy (non-hydrogen) atoms. The van der Waals surface area contributed by atoms with Crippen molar-refractivity contribution in [2.24, 2.45) is 11.7 Å². The highest BCUT2D eigenvalue weighted by molar-refractivity contribution is 7.89. The van der Waals surface area contributed by atoms with E-state index in [-0.39, 0.29) is 23.0 Å². The fourth-order valence-electron chi connectivity index (χ4n) is 2.27. The summed E-state index contributed by atoms with van der Waals surface area (Å²) in [7, 11) is -3.57. The zero-order chi connectivity index (χ0) is 14.8. The van der Waals surface area contributed by atoms with Gasteiger partial charge in [-0.15, -0.1) is 12.4 Å². The van der Waals surface area contributed by atoms with Crippen molar-refractivity contribution in [3.63, 3.8) is 0 Å². The number of nitro benzene ring substituents is 1. The Kier molecular flexibility index (Phi) is 6.09. The van der Waals surface area contributed by atoms with Crippen molar-refractivity contribution in [2.45, 2.75) is 17.7 Å². The second-order valence-electron chi connectivity index (χ2n) is 4.83. The average molecular weight is 336 g/mol. The lowest BCUT2D eigenvalue weighted by Crippen LogP contribution is -2.39. The second-order valence-corrected chi connectivity index (χ2v) is 6.77. The van der Waals surface area contributed by atoms with E-state index >= 15 is 0 Å². The van der Waals surface area contributed by atoms with Crippen LogP contribution in [0.5, 0.6) is 0 Å². The van der Waals surface area contributed by atoms with Gasteiger partial charge < -0.3 is 5.73 Å². The predicted octanol–water partition coefficient (Wildman–Crippen LogP) is 1.38. The fraction of sp³-hybridized carbons (Fsp3) is 0.500. The number of nitro groups is 1. The predicted molar refractivity (Wildman–Crippen MR) is 80.9 cm³/mol. The number of nitrogens with zero attached hydrogens (tertiary/aromatic N) is 2. The van der Waals surface area contributed by atoms with Gasteiger partial charge in [-0.2, -0.15) is 4.31 Å². The number of hydrogen-bond acceptors (Lipinski definition) is 5. The van der Waals surface area contributed by atoms with Crippen LogP contribution in [0.15, 0.2) is 29.2 Å². The largest absolute Gasteiger partial charge is 0.330 e. The van der Waals surface area contributed by atoms with Gasteiger partial charge in [0.25, 0.3) is 5.69 Å². The van der Waals surface area contributed by atoms with Crippen molar-refractivity contribution < 1.29 is 13.3 Å². The molecule has 0 aliphatic carbocycles. The Morgan fingerprint density at radius 3 is 2.19 bits per heavy atom. The molecule has 2 N–H and O–H groups in total.